The van der Waals surface area contributed by atoms with Crippen LogP contribution in [0.25, 0.3) is 71.3 Å². The van der Waals surface area contributed by atoms with Crippen LogP contribution in [0.15, 0.2) is 206 Å². The summed E-state index contributed by atoms with van der Waals surface area (Å²) in [5.74, 6) is 0. The number of aromatic nitrogens is 1. The molecule has 1 heterocycles. The normalized spacial score (nSPS) is 11.5. The van der Waals surface area contributed by atoms with E-state index in [1.54, 1.807) is 0 Å². The molecule has 0 aliphatic heterocycles. The highest BCUT2D eigenvalue weighted by atomic mass is 15.1. The smallest absolute Gasteiger partial charge is 0.0619 e. The SMILES string of the molecule is c1ccc(-c2cccc3c4ccccc4n(-c4cccc(-c5ccc(N(c6cccc7ccccc67)c6cccc7ccccc67)cc5)c4)c23)cc1. The molecule has 0 unspecified atom stereocenters. The molecule has 0 saturated heterocycles. The minimum Gasteiger partial charge on any atom is -0.309 e. The molecule has 2 nitrogen and oxygen atoms in total. The Kier molecular flexibility index (Phi) is 7.18. The van der Waals surface area contributed by atoms with Gasteiger partial charge in [0.15, 0.2) is 0 Å². The minimum atomic E-state index is 1.11. The molecule has 0 saturated carbocycles. The fourth-order valence-electron chi connectivity index (χ4n) is 7.98. The van der Waals surface area contributed by atoms with Crippen molar-refractivity contribution in [1.82, 2.24) is 4.57 Å². The van der Waals surface area contributed by atoms with Crippen LogP contribution in [-0.4, -0.2) is 4.57 Å². The van der Waals surface area contributed by atoms with Crippen LogP contribution in [0, 0.1) is 0 Å². The van der Waals surface area contributed by atoms with E-state index in [4.69, 9.17) is 0 Å². The van der Waals surface area contributed by atoms with Gasteiger partial charge in [-0.15, -0.1) is 0 Å². The summed E-state index contributed by atoms with van der Waals surface area (Å²) < 4.78 is 2.44. The van der Waals surface area contributed by atoms with Gasteiger partial charge in [-0.05, 0) is 69.9 Å². The highest BCUT2D eigenvalue weighted by Gasteiger charge is 2.19. The van der Waals surface area contributed by atoms with Crippen LogP contribution in [-0.2, 0) is 0 Å². The van der Waals surface area contributed by atoms with E-state index >= 15 is 0 Å². The molecule has 2 heteroatoms. The zero-order valence-electron chi connectivity index (χ0n) is 28.5. The number of hydrogen-bond donors (Lipinski definition) is 0. The second-order valence-electron chi connectivity index (χ2n) is 13.3. The lowest BCUT2D eigenvalue weighted by atomic mass is 10.0. The van der Waals surface area contributed by atoms with Crippen LogP contribution in [0.4, 0.5) is 17.1 Å². The molecule has 0 spiro atoms. The van der Waals surface area contributed by atoms with Crippen molar-refractivity contribution in [3.63, 3.8) is 0 Å². The Morgan fingerprint density at radius 1 is 0.346 bits per heavy atom. The fraction of sp³-hybridized carbons (Fsp3) is 0. The third-order valence-electron chi connectivity index (χ3n) is 10.4. The van der Waals surface area contributed by atoms with Gasteiger partial charge in [0.25, 0.3) is 0 Å². The van der Waals surface area contributed by atoms with E-state index in [1.165, 1.54) is 65.6 Å². The Balaban J connectivity index is 1.12. The molecule has 0 N–H and O–H groups in total. The summed E-state index contributed by atoms with van der Waals surface area (Å²) in [5, 5.41) is 7.39. The molecule has 0 fully saturated rings. The summed E-state index contributed by atoms with van der Waals surface area (Å²) in [5.41, 5.74) is 11.8. The largest absolute Gasteiger partial charge is 0.309 e. The summed E-state index contributed by atoms with van der Waals surface area (Å²) in [6, 6.07) is 74.6. The molecule has 52 heavy (non-hydrogen) atoms. The maximum absolute atomic E-state index is 2.44. The van der Waals surface area contributed by atoms with Crippen LogP contribution in [0.5, 0.6) is 0 Å². The van der Waals surface area contributed by atoms with Crippen molar-refractivity contribution in [3.8, 4) is 27.9 Å². The lowest BCUT2D eigenvalue weighted by Gasteiger charge is -2.28. The first kappa shape index (κ1) is 30.0. The summed E-state index contributed by atoms with van der Waals surface area (Å²) in [7, 11) is 0. The first-order valence-electron chi connectivity index (χ1n) is 17.9. The van der Waals surface area contributed by atoms with Crippen molar-refractivity contribution >= 4 is 60.4 Å². The fourth-order valence-corrected chi connectivity index (χ4v) is 7.98. The van der Waals surface area contributed by atoms with Gasteiger partial charge in [0.1, 0.15) is 0 Å². The third kappa shape index (κ3) is 4.96. The number of para-hydroxylation sites is 2. The van der Waals surface area contributed by atoms with Gasteiger partial charge in [0.05, 0.1) is 22.4 Å². The summed E-state index contributed by atoms with van der Waals surface area (Å²) in [6.07, 6.45) is 0. The second kappa shape index (κ2) is 12.5. The van der Waals surface area contributed by atoms with Crippen LogP contribution in [0.2, 0.25) is 0 Å². The van der Waals surface area contributed by atoms with Crippen molar-refractivity contribution in [1.29, 1.82) is 0 Å². The average Bonchev–Trinajstić information content (AvgIpc) is 3.56. The lowest BCUT2D eigenvalue weighted by Crippen LogP contribution is -2.11. The number of anilines is 3. The van der Waals surface area contributed by atoms with Crippen LogP contribution in [0.3, 0.4) is 0 Å². The molecule has 10 rings (SSSR count). The van der Waals surface area contributed by atoms with Crippen LogP contribution < -0.4 is 4.90 Å². The highest BCUT2D eigenvalue weighted by molar-refractivity contribution is 6.14. The summed E-state index contributed by atoms with van der Waals surface area (Å²) in [4.78, 5) is 2.41. The van der Waals surface area contributed by atoms with Gasteiger partial charge < -0.3 is 9.47 Å². The van der Waals surface area contributed by atoms with E-state index in [-0.39, 0.29) is 0 Å². The Morgan fingerprint density at radius 2 is 0.885 bits per heavy atom. The van der Waals surface area contributed by atoms with Gasteiger partial charge in [-0.2, -0.15) is 0 Å². The molecule has 0 aliphatic rings. The maximum Gasteiger partial charge on any atom is 0.0619 e. The van der Waals surface area contributed by atoms with Gasteiger partial charge in [0, 0.05) is 38.5 Å². The average molecular weight is 663 g/mol. The molecule has 9 aromatic carbocycles. The van der Waals surface area contributed by atoms with E-state index in [1.807, 2.05) is 0 Å². The zero-order chi connectivity index (χ0) is 34.4. The number of nitrogens with zero attached hydrogens (tertiary/aromatic N) is 2. The first-order valence-corrected chi connectivity index (χ1v) is 17.9. The van der Waals surface area contributed by atoms with Gasteiger partial charge in [0.2, 0.25) is 0 Å². The van der Waals surface area contributed by atoms with E-state index < -0.39 is 0 Å². The van der Waals surface area contributed by atoms with Gasteiger partial charge >= 0.3 is 0 Å². The monoisotopic (exact) mass is 662 g/mol. The number of fused-ring (bicyclic) bond motifs is 5. The van der Waals surface area contributed by atoms with E-state index in [0.29, 0.717) is 0 Å². The number of rotatable bonds is 6. The lowest BCUT2D eigenvalue weighted by molar-refractivity contribution is 1.18. The summed E-state index contributed by atoms with van der Waals surface area (Å²) >= 11 is 0. The molecule has 10 aromatic rings. The van der Waals surface area contributed by atoms with Crippen molar-refractivity contribution < 1.29 is 0 Å². The summed E-state index contributed by atoms with van der Waals surface area (Å²) in [6.45, 7) is 0. The van der Waals surface area contributed by atoms with E-state index in [2.05, 4.69) is 216 Å². The van der Waals surface area contributed by atoms with E-state index in [9.17, 15) is 0 Å². The highest BCUT2D eigenvalue weighted by Crippen LogP contribution is 2.43. The second-order valence-corrected chi connectivity index (χ2v) is 13.3. The molecule has 1 aromatic heterocycles. The Hall–Kier alpha value is -6.90. The molecule has 0 bridgehead atoms. The van der Waals surface area contributed by atoms with Crippen molar-refractivity contribution in [3.05, 3.63) is 206 Å². The molecule has 0 amide bonds. The minimum absolute atomic E-state index is 1.11. The predicted octanol–water partition coefficient (Wildman–Crippen LogP) is 13.9. The van der Waals surface area contributed by atoms with Gasteiger partial charge in [-0.3, -0.25) is 0 Å². The molecule has 244 valence electrons. The first-order chi connectivity index (χ1) is 25.8. The Bertz CT molecular complexity index is 2810. The molecular formula is C50H34N2. The van der Waals surface area contributed by atoms with Crippen LogP contribution in [0.1, 0.15) is 0 Å². The topological polar surface area (TPSA) is 8.17 Å². The zero-order valence-corrected chi connectivity index (χ0v) is 28.5. The molecular weight excluding hydrogens is 629 g/mol. The van der Waals surface area contributed by atoms with Crippen molar-refractivity contribution in [2.45, 2.75) is 0 Å². The van der Waals surface area contributed by atoms with Crippen LogP contribution >= 0.6 is 0 Å². The predicted molar refractivity (Wildman–Crippen MR) is 221 cm³/mol. The molecule has 0 atom stereocenters. The maximum atomic E-state index is 2.44. The molecule has 0 aliphatic carbocycles. The van der Waals surface area contributed by atoms with Crippen molar-refractivity contribution in [2.75, 3.05) is 4.90 Å². The van der Waals surface area contributed by atoms with Crippen molar-refractivity contribution in [2.24, 2.45) is 0 Å². The third-order valence-corrected chi connectivity index (χ3v) is 10.4. The Labute approximate surface area is 303 Å². The van der Waals surface area contributed by atoms with Gasteiger partial charge in [-0.1, -0.05) is 164 Å². The van der Waals surface area contributed by atoms with E-state index in [0.717, 1.165) is 22.7 Å². The number of benzene rings is 9. The Morgan fingerprint density at radius 3 is 1.60 bits per heavy atom. The van der Waals surface area contributed by atoms with Gasteiger partial charge in [-0.25, -0.2) is 0 Å². The number of hydrogen-bond acceptors (Lipinski definition) is 1. The quantitative estimate of drug-likeness (QED) is 0.172. The standard InChI is InChI=1S/C50H34N2/c1-2-14-38(15-3-1)44-25-13-26-46-45-24-8-9-27-49(45)52(50(44)46)41-21-10-20-39(34-41)35-30-32-40(33-31-35)51(47-28-11-18-36-16-4-6-22-42(36)47)48-29-12-19-37-17-5-7-23-43(37)48/h1-34H. The molecule has 0 radical (unpaired) electrons.